The number of halogens is 1. The van der Waals surface area contributed by atoms with E-state index in [0.29, 0.717) is 27.7 Å². The summed E-state index contributed by atoms with van der Waals surface area (Å²) in [6.07, 6.45) is 2.79. The topological polar surface area (TPSA) is 94.8 Å². The van der Waals surface area contributed by atoms with Crippen molar-refractivity contribution in [2.75, 3.05) is 5.32 Å². The standard InChI is InChI=1S/C20H16ClN3O3/c1-12-4-2-3-5-16(12)19(24-27)17-7-6-14(9-18(17)21)23-15-8-13(20(25)26)10-22-11-15/h2-11,23,27H,1H3,(H,25,26). The lowest BCUT2D eigenvalue weighted by atomic mass is 9.98. The smallest absolute Gasteiger partial charge is 0.337 e. The van der Waals surface area contributed by atoms with E-state index in [9.17, 15) is 10.0 Å². The van der Waals surface area contributed by atoms with Crippen molar-refractivity contribution < 1.29 is 15.1 Å². The molecule has 0 unspecified atom stereocenters. The van der Waals surface area contributed by atoms with E-state index in [1.165, 1.54) is 18.5 Å². The summed E-state index contributed by atoms with van der Waals surface area (Å²) in [5.41, 5.74) is 3.94. The van der Waals surface area contributed by atoms with Gasteiger partial charge in [0.05, 0.1) is 22.5 Å². The normalized spacial score (nSPS) is 11.3. The van der Waals surface area contributed by atoms with E-state index in [0.717, 1.165) is 11.1 Å². The number of pyridine rings is 1. The Morgan fingerprint density at radius 3 is 2.52 bits per heavy atom. The average Bonchev–Trinajstić information content (AvgIpc) is 2.65. The Balaban J connectivity index is 1.91. The molecule has 0 saturated carbocycles. The molecule has 0 aliphatic rings. The van der Waals surface area contributed by atoms with Crippen molar-refractivity contribution in [2.24, 2.45) is 5.16 Å². The number of nitrogens with zero attached hydrogens (tertiary/aromatic N) is 2. The number of carboxylic acids is 1. The monoisotopic (exact) mass is 381 g/mol. The van der Waals surface area contributed by atoms with Crippen LogP contribution in [0.4, 0.5) is 11.4 Å². The molecule has 27 heavy (non-hydrogen) atoms. The van der Waals surface area contributed by atoms with Gasteiger partial charge in [-0.25, -0.2) is 4.79 Å². The quantitative estimate of drug-likeness (QED) is 0.338. The minimum Gasteiger partial charge on any atom is -0.478 e. The van der Waals surface area contributed by atoms with Crippen LogP contribution in [0, 0.1) is 6.92 Å². The second-order valence-electron chi connectivity index (χ2n) is 5.85. The van der Waals surface area contributed by atoms with Crippen LogP contribution < -0.4 is 5.32 Å². The van der Waals surface area contributed by atoms with Crippen molar-refractivity contribution in [3.63, 3.8) is 0 Å². The van der Waals surface area contributed by atoms with Crippen LogP contribution in [0.15, 0.2) is 66.1 Å². The zero-order chi connectivity index (χ0) is 19.4. The second-order valence-corrected chi connectivity index (χ2v) is 6.26. The summed E-state index contributed by atoms with van der Waals surface area (Å²) < 4.78 is 0. The highest BCUT2D eigenvalue weighted by Crippen LogP contribution is 2.27. The molecule has 0 aliphatic heterocycles. The van der Waals surface area contributed by atoms with E-state index < -0.39 is 5.97 Å². The highest BCUT2D eigenvalue weighted by molar-refractivity contribution is 6.35. The van der Waals surface area contributed by atoms with Crippen molar-refractivity contribution in [1.82, 2.24) is 4.98 Å². The van der Waals surface area contributed by atoms with Gasteiger partial charge in [0.15, 0.2) is 0 Å². The SMILES string of the molecule is Cc1ccccc1C(=NO)c1ccc(Nc2cncc(C(=O)O)c2)cc1Cl. The van der Waals surface area contributed by atoms with Gasteiger partial charge in [0.25, 0.3) is 0 Å². The molecule has 1 aromatic heterocycles. The van der Waals surface area contributed by atoms with Crippen LogP contribution in [0.3, 0.4) is 0 Å². The Morgan fingerprint density at radius 2 is 1.85 bits per heavy atom. The third-order valence-corrected chi connectivity index (χ3v) is 4.31. The van der Waals surface area contributed by atoms with Crippen molar-refractivity contribution in [2.45, 2.75) is 6.92 Å². The van der Waals surface area contributed by atoms with Crippen LogP contribution in [0.1, 0.15) is 27.0 Å². The van der Waals surface area contributed by atoms with Crippen LogP contribution in [-0.4, -0.2) is 27.0 Å². The van der Waals surface area contributed by atoms with Gasteiger partial charge in [-0.2, -0.15) is 0 Å². The van der Waals surface area contributed by atoms with Gasteiger partial charge in [-0.15, -0.1) is 0 Å². The lowest BCUT2D eigenvalue weighted by molar-refractivity contribution is 0.0696. The number of carboxylic acid groups (broad SMARTS) is 1. The maximum Gasteiger partial charge on any atom is 0.337 e. The van der Waals surface area contributed by atoms with Crippen LogP contribution in [0.2, 0.25) is 5.02 Å². The molecule has 0 aliphatic carbocycles. The molecule has 136 valence electrons. The largest absolute Gasteiger partial charge is 0.478 e. The highest BCUT2D eigenvalue weighted by atomic mass is 35.5. The van der Waals surface area contributed by atoms with Crippen LogP contribution in [0.5, 0.6) is 0 Å². The number of nitrogens with one attached hydrogen (secondary N) is 1. The maximum atomic E-state index is 11.0. The number of aromatic carboxylic acids is 1. The Morgan fingerprint density at radius 1 is 1.07 bits per heavy atom. The van der Waals surface area contributed by atoms with E-state index in [-0.39, 0.29) is 5.56 Å². The Bertz CT molecular complexity index is 1030. The van der Waals surface area contributed by atoms with E-state index in [1.807, 2.05) is 31.2 Å². The molecule has 0 atom stereocenters. The fourth-order valence-corrected chi connectivity index (χ4v) is 2.94. The molecule has 3 rings (SSSR count). The lowest BCUT2D eigenvalue weighted by Crippen LogP contribution is -2.06. The van der Waals surface area contributed by atoms with Crippen molar-refractivity contribution in [1.29, 1.82) is 0 Å². The van der Waals surface area contributed by atoms with Crippen LogP contribution >= 0.6 is 11.6 Å². The van der Waals surface area contributed by atoms with E-state index in [2.05, 4.69) is 15.5 Å². The van der Waals surface area contributed by atoms with E-state index >= 15 is 0 Å². The highest BCUT2D eigenvalue weighted by Gasteiger charge is 2.14. The number of aryl methyl sites for hydroxylation is 1. The first-order valence-corrected chi connectivity index (χ1v) is 8.40. The van der Waals surface area contributed by atoms with Gasteiger partial charge in [0, 0.05) is 23.0 Å². The third kappa shape index (κ3) is 4.07. The fraction of sp³-hybridized carbons (Fsp3) is 0.0500. The zero-order valence-corrected chi connectivity index (χ0v) is 15.1. The Labute approximate surface area is 160 Å². The Kier molecular flexibility index (Phi) is 5.38. The summed E-state index contributed by atoms with van der Waals surface area (Å²) >= 11 is 6.41. The van der Waals surface area contributed by atoms with Crippen molar-refractivity contribution >= 4 is 34.7 Å². The van der Waals surface area contributed by atoms with Gasteiger partial charge in [-0.1, -0.05) is 41.0 Å². The minimum absolute atomic E-state index is 0.0805. The third-order valence-electron chi connectivity index (χ3n) is 4.00. The Hall–Kier alpha value is -3.38. The molecule has 0 fully saturated rings. The number of aromatic nitrogens is 1. The molecule has 0 bridgehead atoms. The van der Waals surface area contributed by atoms with E-state index in [1.54, 1.807) is 18.2 Å². The van der Waals surface area contributed by atoms with Crippen molar-refractivity contribution in [3.8, 4) is 0 Å². The number of hydrogen-bond acceptors (Lipinski definition) is 5. The van der Waals surface area contributed by atoms with Crippen molar-refractivity contribution in [3.05, 3.63) is 88.2 Å². The first-order valence-electron chi connectivity index (χ1n) is 8.03. The maximum absolute atomic E-state index is 11.0. The van der Waals surface area contributed by atoms with Gasteiger partial charge in [0.1, 0.15) is 5.71 Å². The molecule has 0 radical (unpaired) electrons. The molecule has 3 N–H and O–H groups in total. The summed E-state index contributed by atoms with van der Waals surface area (Å²) in [5, 5.41) is 25.4. The molecule has 2 aromatic carbocycles. The average molecular weight is 382 g/mol. The number of benzene rings is 2. The van der Waals surface area contributed by atoms with Gasteiger partial charge < -0.3 is 15.6 Å². The first kappa shape index (κ1) is 18.4. The van der Waals surface area contributed by atoms with Gasteiger partial charge in [-0.3, -0.25) is 4.98 Å². The number of anilines is 2. The predicted octanol–water partition coefficient (Wildman–Crippen LogP) is 4.71. The molecule has 3 aromatic rings. The lowest BCUT2D eigenvalue weighted by Gasteiger charge is -2.12. The summed E-state index contributed by atoms with van der Waals surface area (Å²) in [6.45, 7) is 1.92. The summed E-state index contributed by atoms with van der Waals surface area (Å²) in [5.74, 6) is -1.05. The fourth-order valence-electron chi connectivity index (χ4n) is 2.67. The molecule has 0 amide bonds. The summed E-state index contributed by atoms with van der Waals surface area (Å²) in [6, 6.07) is 14.2. The van der Waals surface area contributed by atoms with Crippen LogP contribution in [0.25, 0.3) is 0 Å². The minimum atomic E-state index is -1.05. The molecule has 0 saturated heterocycles. The van der Waals surface area contributed by atoms with Gasteiger partial charge in [-0.05, 0) is 36.8 Å². The number of oxime groups is 1. The molecule has 6 nitrogen and oxygen atoms in total. The number of carbonyl (C=O) groups is 1. The van der Waals surface area contributed by atoms with E-state index in [4.69, 9.17) is 16.7 Å². The second kappa shape index (κ2) is 7.88. The predicted molar refractivity (Wildman–Crippen MR) is 105 cm³/mol. The number of rotatable bonds is 5. The first-order chi connectivity index (χ1) is 13.0. The molecular formula is C20H16ClN3O3. The molecule has 7 heteroatoms. The molecular weight excluding hydrogens is 366 g/mol. The zero-order valence-electron chi connectivity index (χ0n) is 14.3. The van der Waals surface area contributed by atoms with Gasteiger partial charge in [0.2, 0.25) is 0 Å². The summed E-state index contributed by atoms with van der Waals surface area (Å²) in [4.78, 5) is 15.0. The van der Waals surface area contributed by atoms with Crippen LogP contribution in [-0.2, 0) is 0 Å². The van der Waals surface area contributed by atoms with Gasteiger partial charge >= 0.3 is 5.97 Å². The number of hydrogen-bond donors (Lipinski definition) is 3. The molecule has 0 spiro atoms. The molecule has 1 heterocycles. The summed E-state index contributed by atoms with van der Waals surface area (Å²) in [7, 11) is 0.